The molecule has 1 aliphatic heterocycles. The lowest BCUT2D eigenvalue weighted by molar-refractivity contribution is -0.139. The Labute approximate surface area is 182 Å². The molecular formula is C24H30N2O3S. The van der Waals surface area contributed by atoms with E-state index in [9.17, 15) is 14.7 Å². The average Bonchev–Trinajstić information content (AvgIpc) is 3.35. The lowest BCUT2D eigenvalue weighted by atomic mass is 9.96. The van der Waals surface area contributed by atoms with Crippen LogP contribution in [0.25, 0.3) is 5.76 Å². The first kappa shape index (κ1) is 22.2. The highest BCUT2D eigenvalue weighted by atomic mass is 32.1. The minimum Gasteiger partial charge on any atom is -0.507 e. The van der Waals surface area contributed by atoms with Gasteiger partial charge in [0, 0.05) is 17.0 Å². The molecule has 0 aliphatic carbocycles. The molecule has 1 aromatic carbocycles. The van der Waals surface area contributed by atoms with Crippen molar-refractivity contribution in [3.05, 3.63) is 62.9 Å². The average molecular weight is 427 g/mol. The van der Waals surface area contributed by atoms with E-state index in [1.807, 2.05) is 49.6 Å². The SMILES string of the molecule is CCN(CC)CCCN1C(=O)C(=O)/C(=C(/O)c2cc(C)ccc2C)C1c1cccs1. The highest BCUT2D eigenvalue weighted by molar-refractivity contribution is 7.10. The van der Waals surface area contributed by atoms with Gasteiger partial charge < -0.3 is 14.9 Å². The van der Waals surface area contributed by atoms with Crippen molar-refractivity contribution >= 4 is 28.8 Å². The van der Waals surface area contributed by atoms with Gasteiger partial charge in [-0.05, 0) is 63.0 Å². The Morgan fingerprint density at radius 1 is 1.17 bits per heavy atom. The van der Waals surface area contributed by atoms with E-state index >= 15 is 0 Å². The molecule has 3 rings (SSSR count). The molecule has 2 aromatic rings. The van der Waals surface area contributed by atoms with Crippen molar-refractivity contribution in [2.24, 2.45) is 0 Å². The van der Waals surface area contributed by atoms with E-state index in [1.165, 1.54) is 11.3 Å². The number of nitrogens with zero attached hydrogens (tertiary/aromatic N) is 2. The van der Waals surface area contributed by atoms with Crippen molar-refractivity contribution in [2.75, 3.05) is 26.2 Å². The standard InChI is InChI=1S/C24H30N2O3S/c1-5-25(6-2)12-8-13-26-21(19-9-7-14-30-19)20(23(28)24(26)29)22(27)18-15-16(3)10-11-17(18)4/h7,9-11,14-15,21,27H,5-6,8,12-13H2,1-4H3/b22-20+. The zero-order chi connectivity index (χ0) is 21.8. The number of Topliss-reactive ketones (excluding diaryl/α,β-unsaturated/α-hetero) is 1. The van der Waals surface area contributed by atoms with E-state index in [-0.39, 0.29) is 11.3 Å². The number of rotatable bonds is 8. The van der Waals surface area contributed by atoms with Crippen LogP contribution in [0.1, 0.15) is 47.9 Å². The van der Waals surface area contributed by atoms with Crippen LogP contribution in [0.3, 0.4) is 0 Å². The number of hydrogen-bond donors (Lipinski definition) is 1. The maximum atomic E-state index is 13.0. The summed E-state index contributed by atoms with van der Waals surface area (Å²) in [4.78, 5) is 30.8. The molecule has 1 N–H and O–H groups in total. The molecular weight excluding hydrogens is 396 g/mol. The molecule has 0 saturated carbocycles. The van der Waals surface area contributed by atoms with Crippen molar-refractivity contribution in [1.29, 1.82) is 0 Å². The van der Waals surface area contributed by atoms with Crippen LogP contribution in [0.4, 0.5) is 0 Å². The smallest absolute Gasteiger partial charge is 0.295 e. The van der Waals surface area contributed by atoms with Gasteiger partial charge in [-0.3, -0.25) is 9.59 Å². The normalized spacial score (nSPS) is 18.6. The fourth-order valence-corrected chi connectivity index (χ4v) is 4.84. The molecule has 0 radical (unpaired) electrons. The molecule has 160 valence electrons. The van der Waals surface area contributed by atoms with E-state index in [4.69, 9.17) is 0 Å². The van der Waals surface area contributed by atoms with Crippen molar-refractivity contribution < 1.29 is 14.7 Å². The molecule has 0 spiro atoms. The highest BCUT2D eigenvalue weighted by Gasteiger charge is 2.46. The van der Waals surface area contributed by atoms with Gasteiger partial charge in [-0.15, -0.1) is 11.3 Å². The Kier molecular flexibility index (Phi) is 7.10. The third-order valence-electron chi connectivity index (χ3n) is 5.77. The van der Waals surface area contributed by atoms with E-state index in [0.29, 0.717) is 12.1 Å². The monoisotopic (exact) mass is 426 g/mol. The highest BCUT2D eigenvalue weighted by Crippen LogP contribution is 2.41. The van der Waals surface area contributed by atoms with E-state index in [0.717, 1.165) is 42.1 Å². The van der Waals surface area contributed by atoms with Gasteiger partial charge in [0.15, 0.2) is 0 Å². The molecule has 5 nitrogen and oxygen atoms in total. The number of ketones is 1. The molecule has 6 heteroatoms. The lowest BCUT2D eigenvalue weighted by Gasteiger charge is -2.26. The van der Waals surface area contributed by atoms with Crippen molar-refractivity contribution in [1.82, 2.24) is 9.80 Å². The number of aryl methyl sites for hydroxylation is 2. The molecule has 1 atom stereocenters. The molecule has 1 saturated heterocycles. The predicted molar refractivity (Wildman–Crippen MR) is 122 cm³/mol. The largest absolute Gasteiger partial charge is 0.507 e. The van der Waals surface area contributed by atoms with Gasteiger partial charge in [0.25, 0.3) is 11.7 Å². The number of carbonyl (C=O) groups excluding carboxylic acids is 2. The fourth-order valence-electron chi connectivity index (χ4n) is 3.99. The molecule has 2 heterocycles. The van der Waals surface area contributed by atoms with Gasteiger partial charge in [0.2, 0.25) is 0 Å². The minimum absolute atomic E-state index is 0.0841. The number of thiophene rings is 1. The van der Waals surface area contributed by atoms with E-state index in [1.54, 1.807) is 4.90 Å². The maximum Gasteiger partial charge on any atom is 0.295 e. The van der Waals surface area contributed by atoms with Crippen LogP contribution in [0.2, 0.25) is 0 Å². The van der Waals surface area contributed by atoms with Crippen molar-refractivity contribution in [2.45, 2.75) is 40.2 Å². The second-order valence-corrected chi connectivity index (χ2v) is 8.69. The first-order valence-electron chi connectivity index (χ1n) is 10.5. The second-order valence-electron chi connectivity index (χ2n) is 7.71. The summed E-state index contributed by atoms with van der Waals surface area (Å²) >= 11 is 1.50. The summed E-state index contributed by atoms with van der Waals surface area (Å²) in [7, 11) is 0. The van der Waals surface area contributed by atoms with Crippen LogP contribution in [0, 0.1) is 13.8 Å². The Balaban J connectivity index is 2.01. The molecule has 1 aromatic heterocycles. The number of hydrogen-bond acceptors (Lipinski definition) is 5. The second kappa shape index (κ2) is 9.58. The van der Waals surface area contributed by atoms with Gasteiger partial charge >= 0.3 is 0 Å². The minimum atomic E-state index is -0.602. The van der Waals surface area contributed by atoms with Gasteiger partial charge in [-0.1, -0.05) is 37.6 Å². The van der Waals surface area contributed by atoms with Crippen LogP contribution in [0.15, 0.2) is 41.3 Å². The Hall–Kier alpha value is -2.44. The number of carbonyl (C=O) groups is 2. The molecule has 30 heavy (non-hydrogen) atoms. The number of benzene rings is 1. The van der Waals surface area contributed by atoms with Gasteiger partial charge in [-0.2, -0.15) is 0 Å². The summed E-state index contributed by atoms with van der Waals surface area (Å²) in [5.41, 5.74) is 2.66. The number of amides is 1. The Morgan fingerprint density at radius 3 is 2.53 bits per heavy atom. The third kappa shape index (κ3) is 4.35. The molecule has 1 fully saturated rings. The predicted octanol–water partition coefficient (Wildman–Crippen LogP) is 4.52. The first-order valence-corrected chi connectivity index (χ1v) is 11.4. The number of likely N-dealkylation sites (tertiary alicyclic amines) is 1. The molecule has 1 aliphatic rings. The Morgan fingerprint density at radius 2 is 1.90 bits per heavy atom. The summed E-state index contributed by atoms with van der Waals surface area (Å²) in [6.45, 7) is 11.3. The zero-order valence-electron chi connectivity index (χ0n) is 18.1. The van der Waals surface area contributed by atoms with Gasteiger partial charge in [0.1, 0.15) is 5.76 Å². The zero-order valence-corrected chi connectivity index (χ0v) is 19.0. The van der Waals surface area contributed by atoms with Gasteiger partial charge in [-0.25, -0.2) is 0 Å². The van der Waals surface area contributed by atoms with Crippen LogP contribution in [0.5, 0.6) is 0 Å². The van der Waals surface area contributed by atoms with Crippen molar-refractivity contribution in [3.8, 4) is 0 Å². The van der Waals surface area contributed by atoms with E-state index in [2.05, 4.69) is 18.7 Å². The number of aliphatic hydroxyl groups is 1. The summed E-state index contributed by atoms with van der Waals surface area (Å²) in [5.74, 6) is -1.21. The van der Waals surface area contributed by atoms with Crippen LogP contribution in [-0.2, 0) is 9.59 Å². The van der Waals surface area contributed by atoms with Crippen LogP contribution in [-0.4, -0.2) is 52.8 Å². The fraction of sp³-hybridized carbons (Fsp3) is 0.417. The quantitative estimate of drug-likeness (QED) is 0.383. The summed E-state index contributed by atoms with van der Waals surface area (Å²) < 4.78 is 0. The summed E-state index contributed by atoms with van der Waals surface area (Å²) in [6, 6.07) is 9.05. The molecule has 1 unspecified atom stereocenters. The van der Waals surface area contributed by atoms with E-state index < -0.39 is 17.7 Å². The number of aliphatic hydroxyl groups excluding tert-OH is 1. The maximum absolute atomic E-state index is 13.0. The Bertz CT molecular complexity index is 945. The third-order valence-corrected chi connectivity index (χ3v) is 6.69. The first-order chi connectivity index (χ1) is 14.4. The van der Waals surface area contributed by atoms with Crippen LogP contribution >= 0.6 is 11.3 Å². The van der Waals surface area contributed by atoms with Crippen molar-refractivity contribution in [3.63, 3.8) is 0 Å². The summed E-state index contributed by atoms with van der Waals surface area (Å²) in [6.07, 6.45) is 0.778. The summed E-state index contributed by atoms with van der Waals surface area (Å²) in [5, 5.41) is 13.1. The lowest BCUT2D eigenvalue weighted by Crippen LogP contribution is -2.33. The van der Waals surface area contributed by atoms with Gasteiger partial charge in [0.05, 0.1) is 11.6 Å². The topological polar surface area (TPSA) is 60.9 Å². The molecule has 0 bridgehead atoms. The molecule has 1 amide bonds. The van der Waals surface area contributed by atoms with Crippen LogP contribution < -0.4 is 0 Å².